The van der Waals surface area contributed by atoms with Crippen molar-refractivity contribution in [3.8, 4) is 0 Å². The summed E-state index contributed by atoms with van der Waals surface area (Å²) in [5, 5.41) is 3.60. The molecule has 0 aromatic heterocycles. The zero-order valence-corrected chi connectivity index (χ0v) is 10.2. The first kappa shape index (κ1) is 12.0. The van der Waals surface area contributed by atoms with Crippen LogP contribution in [0.25, 0.3) is 0 Å². The topological polar surface area (TPSA) is 18.5 Å². The number of hydrogen-bond acceptors (Lipinski definition) is 3. The van der Waals surface area contributed by atoms with Gasteiger partial charge >= 0.3 is 0 Å². The highest BCUT2D eigenvalue weighted by Crippen LogP contribution is 2.10. The van der Waals surface area contributed by atoms with Crippen molar-refractivity contribution in [1.29, 1.82) is 0 Å². The smallest absolute Gasteiger partial charge is 0.0371 e. The van der Waals surface area contributed by atoms with Gasteiger partial charge in [-0.15, -0.1) is 0 Å². The van der Waals surface area contributed by atoms with Crippen LogP contribution in [0.3, 0.4) is 0 Å². The van der Waals surface area contributed by atoms with E-state index >= 15 is 0 Å². The number of piperazine rings is 1. The van der Waals surface area contributed by atoms with Crippen LogP contribution in [0.5, 0.6) is 0 Å². The van der Waals surface area contributed by atoms with E-state index in [0.717, 1.165) is 0 Å². The molecule has 1 aliphatic heterocycles. The predicted octanol–water partition coefficient (Wildman–Crippen LogP) is 0.619. The molecule has 3 heteroatoms. The van der Waals surface area contributed by atoms with Gasteiger partial charge in [0.1, 0.15) is 0 Å². The Balaban J connectivity index is 2.46. The van der Waals surface area contributed by atoms with Gasteiger partial charge in [-0.05, 0) is 21.0 Å². The van der Waals surface area contributed by atoms with E-state index < -0.39 is 0 Å². The normalized spacial score (nSPS) is 28.3. The summed E-state index contributed by atoms with van der Waals surface area (Å²) in [6.45, 7) is 10.3. The fourth-order valence-corrected chi connectivity index (χ4v) is 2.22. The molecule has 0 saturated carbocycles. The molecule has 0 radical (unpaired) electrons. The maximum Gasteiger partial charge on any atom is 0.0371 e. The van der Waals surface area contributed by atoms with E-state index in [1.807, 2.05) is 0 Å². The molecule has 2 unspecified atom stereocenters. The molecule has 0 amide bonds. The largest absolute Gasteiger partial charge is 0.310 e. The standard InChI is InChI=1S/C11H25N3/c1-9(2)12-10(3)11-8-13(4)6-7-14(11)5/h9-12H,6-8H2,1-5H3. The fourth-order valence-electron chi connectivity index (χ4n) is 2.22. The molecular weight excluding hydrogens is 174 g/mol. The molecule has 14 heavy (non-hydrogen) atoms. The molecule has 0 aliphatic carbocycles. The Hall–Kier alpha value is -0.120. The highest BCUT2D eigenvalue weighted by molar-refractivity contribution is 4.86. The Morgan fingerprint density at radius 1 is 1.14 bits per heavy atom. The van der Waals surface area contributed by atoms with Gasteiger partial charge in [0.2, 0.25) is 0 Å². The Morgan fingerprint density at radius 3 is 2.36 bits per heavy atom. The zero-order valence-electron chi connectivity index (χ0n) is 10.2. The number of nitrogens with one attached hydrogen (secondary N) is 1. The highest BCUT2D eigenvalue weighted by atomic mass is 15.3. The second-order valence-corrected chi connectivity index (χ2v) is 4.92. The lowest BCUT2D eigenvalue weighted by atomic mass is 10.1. The summed E-state index contributed by atoms with van der Waals surface area (Å²) in [5.41, 5.74) is 0. The summed E-state index contributed by atoms with van der Waals surface area (Å²) in [7, 11) is 4.44. The minimum atomic E-state index is 0.572. The van der Waals surface area contributed by atoms with Gasteiger partial charge in [0.25, 0.3) is 0 Å². The van der Waals surface area contributed by atoms with Crippen molar-refractivity contribution < 1.29 is 0 Å². The average molecular weight is 199 g/mol. The second kappa shape index (κ2) is 5.10. The van der Waals surface area contributed by atoms with Gasteiger partial charge < -0.3 is 10.2 Å². The van der Waals surface area contributed by atoms with Gasteiger partial charge in [-0.1, -0.05) is 13.8 Å². The first-order chi connectivity index (χ1) is 6.50. The minimum absolute atomic E-state index is 0.572. The van der Waals surface area contributed by atoms with Crippen LogP contribution in [-0.2, 0) is 0 Å². The van der Waals surface area contributed by atoms with Crippen LogP contribution in [0.1, 0.15) is 20.8 Å². The van der Waals surface area contributed by atoms with E-state index in [4.69, 9.17) is 0 Å². The van der Waals surface area contributed by atoms with E-state index in [2.05, 4.69) is 50.0 Å². The van der Waals surface area contributed by atoms with Crippen LogP contribution < -0.4 is 5.32 Å². The molecule has 1 heterocycles. The SMILES string of the molecule is CC(C)NC(C)C1CN(C)CCN1C. The maximum atomic E-state index is 3.60. The molecule has 84 valence electrons. The first-order valence-corrected chi connectivity index (χ1v) is 5.65. The minimum Gasteiger partial charge on any atom is -0.310 e. The molecule has 1 aliphatic rings. The van der Waals surface area contributed by atoms with Crippen molar-refractivity contribution >= 4 is 0 Å². The van der Waals surface area contributed by atoms with Crippen molar-refractivity contribution in [1.82, 2.24) is 15.1 Å². The van der Waals surface area contributed by atoms with Gasteiger partial charge in [0, 0.05) is 37.8 Å². The van der Waals surface area contributed by atoms with Crippen molar-refractivity contribution in [3.05, 3.63) is 0 Å². The summed E-state index contributed by atoms with van der Waals surface area (Å²) in [5.74, 6) is 0. The molecule has 1 rings (SSSR count). The maximum absolute atomic E-state index is 3.60. The van der Waals surface area contributed by atoms with Crippen LogP contribution >= 0.6 is 0 Å². The molecule has 0 aromatic rings. The van der Waals surface area contributed by atoms with Gasteiger partial charge in [-0.3, -0.25) is 4.90 Å². The van der Waals surface area contributed by atoms with Gasteiger partial charge in [-0.25, -0.2) is 0 Å². The molecule has 0 bridgehead atoms. The van der Waals surface area contributed by atoms with E-state index in [-0.39, 0.29) is 0 Å². The molecule has 0 spiro atoms. The van der Waals surface area contributed by atoms with Crippen molar-refractivity contribution in [2.45, 2.75) is 38.9 Å². The van der Waals surface area contributed by atoms with Crippen LogP contribution in [0.15, 0.2) is 0 Å². The molecule has 0 aromatic carbocycles. The van der Waals surface area contributed by atoms with Crippen LogP contribution in [0, 0.1) is 0 Å². The first-order valence-electron chi connectivity index (χ1n) is 5.65. The van der Waals surface area contributed by atoms with E-state index in [1.165, 1.54) is 19.6 Å². The number of hydrogen-bond donors (Lipinski definition) is 1. The third-order valence-corrected chi connectivity index (χ3v) is 3.07. The summed E-state index contributed by atoms with van der Waals surface area (Å²) in [6, 6.07) is 1.80. The zero-order chi connectivity index (χ0) is 10.7. The number of nitrogens with zero attached hydrogens (tertiary/aromatic N) is 2. The molecular formula is C11H25N3. The lowest BCUT2D eigenvalue weighted by Gasteiger charge is -2.41. The van der Waals surface area contributed by atoms with Gasteiger partial charge in [-0.2, -0.15) is 0 Å². The Labute approximate surface area is 88.5 Å². The Morgan fingerprint density at radius 2 is 1.79 bits per heavy atom. The molecule has 1 fully saturated rings. The molecule has 1 N–H and O–H groups in total. The molecule has 1 saturated heterocycles. The summed E-state index contributed by atoms with van der Waals surface area (Å²) in [6.07, 6.45) is 0. The summed E-state index contributed by atoms with van der Waals surface area (Å²) < 4.78 is 0. The van der Waals surface area contributed by atoms with Crippen molar-refractivity contribution in [3.63, 3.8) is 0 Å². The van der Waals surface area contributed by atoms with E-state index in [9.17, 15) is 0 Å². The number of rotatable bonds is 3. The Kier molecular flexibility index (Phi) is 4.35. The predicted molar refractivity (Wildman–Crippen MR) is 61.6 cm³/mol. The van der Waals surface area contributed by atoms with E-state index in [0.29, 0.717) is 18.1 Å². The van der Waals surface area contributed by atoms with Crippen LogP contribution in [-0.4, -0.2) is 61.7 Å². The van der Waals surface area contributed by atoms with Crippen LogP contribution in [0.2, 0.25) is 0 Å². The summed E-state index contributed by atoms with van der Waals surface area (Å²) >= 11 is 0. The molecule has 3 nitrogen and oxygen atoms in total. The summed E-state index contributed by atoms with van der Waals surface area (Å²) in [4.78, 5) is 4.89. The average Bonchev–Trinajstić information content (AvgIpc) is 2.08. The molecule has 2 atom stereocenters. The highest BCUT2D eigenvalue weighted by Gasteiger charge is 2.26. The van der Waals surface area contributed by atoms with Gasteiger partial charge in [0.15, 0.2) is 0 Å². The fraction of sp³-hybridized carbons (Fsp3) is 1.00. The van der Waals surface area contributed by atoms with Gasteiger partial charge in [0.05, 0.1) is 0 Å². The van der Waals surface area contributed by atoms with Crippen molar-refractivity contribution in [2.75, 3.05) is 33.7 Å². The van der Waals surface area contributed by atoms with Crippen molar-refractivity contribution in [2.24, 2.45) is 0 Å². The third-order valence-electron chi connectivity index (χ3n) is 3.07. The lowest BCUT2D eigenvalue weighted by molar-refractivity contribution is 0.0899. The number of likely N-dealkylation sites (N-methyl/N-ethyl adjacent to an activating group) is 2. The lowest BCUT2D eigenvalue weighted by Crippen LogP contribution is -2.58. The third kappa shape index (κ3) is 3.23. The van der Waals surface area contributed by atoms with E-state index in [1.54, 1.807) is 0 Å². The second-order valence-electron chi connectivity index (χ2n) is 4.92. The quantitative estimate of drug-likeness (QED) is 0.719. The monoisotopic (exact) mass is 199 g/mol. The Bertz CT molecular complexity index is 170. The van der Waals surface area contributed by atoms with Crippen LogP contribution in [0.4, 0.5) is 0 Å².